The Hall–Kier alpha value is -2.30. The number of sulfonamides is 1. The number of thiophene rings is 1. The maximum Gasteiger partial charge on any atom is 0.303 e. The van der Waals surface area contributed by atoms with Gasteiger partial charge in [-0.2, -0.15) is 0 Å². The molecule has 1 unspecified atom stereocenters. The second kappa shape index (κ2) is 7.26. The van der Waals surface area contributed by atoms with Crippen LogP contribution in [0.1, 0.15) is 12.6 Å². The zero-order valence-electron chi connectivity index (χ0n) is 15.1. The predicted molar refractivity (Wildman–Crippen MR) is 113 cm³/mol. The summed E-state index contributed by atoms with van der Waals surface area (Å²) in [6.07, 6.45) is 0. The Balaban J connectivity index is 1.68. The third-order valence-corrected chi connectivity index (χ3v) is 8.46. The molecule has 7 nitrogen and oxygen atoms in total. The molecule has 1 aliphatic heterocycles. The van der Waals surface area contributed by atoms with Gasteiger partial charge in [0.05, 0.1) is 23.4 Å². The number of benzene rings is 1. The Kier molecular flexibility index (Phi) is 4.94. The number of esters is 1. The first-order chi connectivity index (χ1) is 13.4. The van der Waals surface area contributed by atoms with E-state index in [2.05, 4.69) is 9.98 Å². The maximum atomic E-state index is 12.9. The number of thioether (sulfide) groups is 1. The molecule has 0 fully saturated rings. The van der Waals surface area contributed by atoms with E-state index in [0.29, 0.717) is 22.0 Å². The van der Waals surface area contributed by atoms with Gasteiger partial charge in [-0.1, -0.05) is 30.0 Å². The van der Waals surface area contributed by atoms with E-state index in [9.17, 15) is 13.2 Å². The van der Waals surface area contributed by atoms with Gasteiger partial charge in [0.25, 0.3) is 10.0 Å². The average Bonchev–Trinajstić information content (AvgIpc) is 3.39. The van der Waals surface area contributed by atoms with E-state index < -0.39 is 10.0 Å². The van der Waals surface area contributed by atoms with E-state index in [1.807, 2.05) is 18.2 Å². The zero-order valence-corrected chi connectivity index (χ0v) is 17.5. The monoisotopic (exact) mass is 435 g/mol. The van der Waals surface area contributed by atoms with Crippen molar-refractivity contribution in [1.82, 2.24) is 4.98 Å². The van der Waals surface area contributed by atoms with Crippen molar-refractivity contribution in [1.29, 1.82) is 0 Å². The van der Waals surface area contributed by atoms with E-state index in [1.165, 1.54) is 34.3 Å². The van der Waals surface area contributed by atoms with E-state index in [0.717, 1.165) is 16.1 Å². The number of ether oxygens (including phenoxy) is 1. The van der Waals surface area contributed by atoms with Gasteiger partial charge in [-0.05, 0) is 23.6 Å². The number of hydrogen-bond donors (Lipinski definition) is 1. The van der Waals surface area contributed by atoms with Gasteiger partial charge in [0.15, 0.2) is 5.44 Å². The van der Waals surface area contributed by atoms with E-state index in [-0.39, 0.29) is 11.4 Å². The Morgan fingerprint density at radius 2 is 2.14 bits per heavy atom. The zero-order chi connectivity index (χ0) is 19.9. The third kappa shape index (κ3) is 3.43. The van der Waals surface area contributed by atoms with Crippen molar-refractivity contribution in [2.45, 2.75) is 16.6 Å². The van der Waals surface area contributed by atoms with Crippen molar-refractivity contribution >= 4 is 60.7 Å². The van der Waals surface area contributed by atoms with Crippen LogP contribution in [0.15, 0.2) is 51.0 Å². The number of rotatable bonds is 5. The summed E-state index contributed by atoms with van der Waals surface area (Å²) in [6, 6.07) is 10.7. The lowest BCUT2D eigenvalue weighted by Crippen LogP contribution is -2.26. The predicted octanol–water partition coefficient (Wildman–Crippen LogP) is 3.44. The van der Waals surface area contributed by atoms with Gasteiger partial charge in [0, 0.05) is 19.4 Å². The minimum atomic E-state index is -3.63. The van der Waals surface area contributed by atoms with Crippen LogP contribution in [0, 0.1) is 0 Å². The van der Waals surface area contributed by atoms with Gasteiger partial charge >= 0.3 is 5.97 Å². The molecule has 3 aromatic rings. The number of anilines is 1. The molecule has 1 N–H and O–H groups in total. The second-order valence-corrected chi connectivity index (χ2v) is 10.4. The van der Waals surface area contributed by atoms with Gasteiger partial charge in [-0.3, -0.25) is 14.1 Å². The molecule has 1 atom stereocenters. The minimum Gasteiger partial charge on any atom is -0.449 e. The summed E-state index contributed by atoms with van der Waals surface area (Å²) in [5.74, 6) is -0.340. The summed E-state index contributed by atoms with van der Waals surface area (Å²) in [5.41, 5.74) is 1.70. The molecule has 4 rings (SSSR count). The van der Waals surface area contributed by atoms with Crippen molar-refractivity contribution in [3.8, 4) is 0 Å². The molecule has 0 aliphatic carbocycles. The molecule has 10 heteroatoms. The topological polar surface area (TPSA) is 91.8 Å². The number of nitrogens with zero attached hydrogens (tertiary/aromatic N) is 2. The molecular formula is C18H17N3O4S3. The Morgan fingerprint density at radius 1 is 1.32 bits per heavy atom. The fourth-order valence-corrected chi connectivity index (χ4v) is 6.28. The Labute approximate surface area is 170 Å². The second-order valence-electron chi connectivity index (χ2n) is 6.13. The van der Waals surface area contributed by atoms with E-state index in [1.54, 1.807) is 30.6 Å². The molecule has 0 saturated heterocycles. The number of H-pyrrole nitrogens is 1. The summed E-state index contributed by atoms with van der Waals surface area (Å²) in [4.78, 5) is 18.9. The van der Waals surface area contributed by atoms with Crippen molar-refractivity contribution in [3.63, 3.8) is 0 Å². The molecular weight excluding hydrogens is 418 g/mol. The van der Waals surface area contributed by atoms with E-state index in [4.69, 9.17) is 4.74 Å². The van der Waals surface area contributed by atoms with Crippen LogP contribution >= 0.6 is 23.1 Å². The molecule has 0 radical (unpaired) electrons. The fraction of sp³-hybridized carbons (Fsp3) is 0.222. The lowest BCUT2D eigenvalue weighted by molar-refractivity contribution is -0.141. The van der Waals surface area contributed by atoms with Gasteiger partial charge in [-0.25, -0.2) is 8.42 Å². The number of aromatic nitrogens is 1. The van der Waals surface area contributed by atoms with Gasteiger partial charge in [-0.15, -0.1) is 11.3 Å². The molecule has 2 aromatic heterocycles. The first kappa shape index (κ1) is 19.0. The molecule has 3 heterocycles. The molecule has 0 spiro atoms. The molecule has 0 bridgehead atoms. The smallest absolute Gasteiger partial charge is 0.303 e. The number of nitrogens with one attached hydrogen (secondary N) is 1. The van der Waals surface area contributed by atoms with Gasteiger partial charge in [0.2, 0.25) is 0 Å². The van der Waals surface area contributed by atoms with Crippen LogP contribution in [-0.4, -0.2) is 43.4 Å². The number of aromatic amines is 1. The minimum absolute atomic E-state index is 0.290. The molecule has 1 aromatic carbocycles. The number of carbonyl (C=O) groups excluding carboxylic acids is 1. The Bertz CT molecular complexity index is 1170. The normalized spacial score (nSPS) is 16.9. The first-order valence-corrected chi connectivity index (χ1v) is 11.6. The molecule has 146 valence electrons. The van der Waals surface area contributed by atoms with Gasteiger partial charge in [0.1, 0.15) is 9.25 Å². The highest BCUT2D eigenvalue weighted by atomic mass is 32.2. The molecule has 1 aliphatic rings. The summed E-state index contributed by atoms with van der Waals surface area (Å²) < 4.78 is 32.6. The largest absolute Gasteiger partial charge is 0.449 e. The van der Waals surface area contributed by atoms with Crippen molar-refractivity contribution in [2.24, 2.45) is 4.99 Å². The number of fused-ring (bicyclic) bond motifs is 1. The number of carbonyl (C=O) groups is 1. The SMILES string of the molecule is CC(=O)OC1CN=C(c2cc3cccc(N(C)S(=O)(=O)c4cccs4)c3[nH]2)S1. The quantitative estimate of drug-likeness (QED) is 0.620. The van der Waals surface area contributed by atoms with Crippen molar-refractivity contribution < 1.29 is 17.9 Å². The summed E-state index contributed by atoms with van der Waals surface area (Å²) in [6.45, 7) is 1.77. The summed E-state index contributed by atoms with van der Waals surface area (Å²) >= 11 is 2.56. The van der Waals surface area contributed by atoms with Crippen LogP contribution in [0.25, 0.3) is 10.9 Å². The highest BCUT2D eigenvalue weighted by Gasteiger charge is 2.27. The van der Waals surface area contributed by atoms with Crippen LogP contribution < -0.4 is 4.31 Å². The van der Waals surface area contributed by atoms with Crippen LogP contribution in [-0.2, 0) is 19.6 Å². The standard InChI is InChI=1S/C18H17N3O4S3/c1-11(22)25-15-10-19-18(27-15)13-9-12-5-3-6-14(17(12)20-13)21(2)28(23,24)16-7-4-8-26-16/h3-9,15,20H,10H2,1-2H3. The summed E-state index contributed by atoms with van der Waals surface area (Å²) in [5, 5.41) is 3.35. The highest BCUT2D eigenvalue weighted by Crippen LogP contribution is 2.33. The number of hydrogen-bond acceptors (Lipinski definition) is 7. The Morgan fingerprint density at radius 3 is 2.86 bits per heavy atom. The van der Waals surface area contributed by atoms with Crippen LogP contribution in [0.3, 0.4) is 0 Å². The van der Waals surface area contributed by atoms with Crippen molar-refractivity contribution in [2.75, 3.05) is 17.9 Å². The van der Waals surface area contributed by atoms with Crippen LogP contribution in [0.2, 0.25) is 0 Å². The molecule has 28 heavy (non-hydrogen) atoms. The third-order valence-electron chi connectivity index (χ3n) is 4.24. The lowest BCUT2D eigenvalue weighted by Gasteiger charge is -2.19. The fourth-order valence-electron chi connectivity index (χ4n) is 2.94. The highest BCUT2D eigenvalue weighted by molar-refractivity contribution is 8.15. The average molecular weight is 436 g/mol. The van der Waals surface area contributed by atoms with Crippen LogP contribution in [0.5, 0.6) is 0 Å². The molecule has 0 amide bonds. The molecule has 0 saturated carbocycles. The summed E-state index contributed by atoms with van der Waals surface area (Å²) in [7, 11) is -2.09. The van der Waals surface area contributed by atoms with E-state index >= 15 is 0 Å². The first-order valence-electron chi connectivity index (χ1n) is 8.39. The maximum absolute atomic E-state index is 12.9. The van der Waals surface area contributed by atoms with Gasteiger partial charge < -0.3 is 9.72 Å². The van der Waals surface area contributed by atoms with Crippen LogP contribution in [0.4, 0.5) is 5.69 Å². The van der Waals surface area contributed by atoms with Crippen molar-refractivity contribution in [3.05, 3.63) is 47.5 Å². The number of para-hydroxylation sites is 1. The number of aliphatic imine (C=N–C) groups is 1. The lowest BCUT2D eigenvalue weighted by atomic mass is 10.2.